The summed E-state index contributed by atoms with van der Waals surface area (Å²) in [6, 6.07) is 0. The molecule has 0 amide bonds. The Hall–Kier alpha value is -0.830. The lowest BCUT2D eigenvalue weighted by atomic mass is 9.92. The molecule has 0 aromatic heterocycles. The van der Waals surface area contributed by atoms with Crippen molar-refractivity contribution < 1.29 is 9.90 Å². The number of piperidine rings is 1. The fourth-order valence-electron chi connectivity index (χ4n) is 2.10. The molecule has 0 spiro atoms. The van der Waals surface area contributed by atoms with Gasteiger partial charge in [0.2, 0.25) is 0 Å². The van der Waals surface area contributed by atoms with E-state index in [1.165, 1.54) is 0 Å². The Bertz CT molecular complexity index is 208. The van der Waals surface area contributed by atoms with E-state index in [0.29, 0.717) is 12.3 Å². The van der Waals surface area contributed by atoms with Gasteiger partial charge in [0.25, 0.3) is 0 Å². The number of hydrogen-bond donors (Lipinski definition) is 1. The lowest BCUT2D eigenvalue weighted by Crippen LogP contribution is -2.34. The number of carbonyl (C=O) groups is 1. The SMILES string of the molecule is C=CCCN1CCC(CCC(=O)O)CC1. The number of nitrogens with zero attached hydrogens (tertiary/aromatic N) is 1. The van der Waals surface area contributed by atoms with E-state index in [4.69, 9.17) is 5.11 Å². The molecule has 1 aliphatic rings. The highest BCUT2D eigenvalue weighted by atomic mass is 16.4. The summed E-state index contributed by atoms with van der Waals surface area (Å²) in [5.41, 5.74) is 0. The van der Waals surface area contributed by atoms with E-state index in [1.807, 2.05) is 6.08 Å². The molecule has 15 heavy (non-hydrogen) atoms. The second-order valence-electron chi connectivity index (χ2n) is 4.29. The van der Waals surface area contributed by atoms with Crippen LogP contribution in [0.15, 0.2) is 12.7 Å². The zero-order chi connectivity index (χ0) is 11.1. The molecule has 3 nitrogen and oxygen atoms in total. The Morgan fingerprint density at radius 2 is 2.13 bits per heavy atom. The van der Waals surface area contributed by atoms with Gasteiger partial charge in [0.15, 0.2) is 0 Å². The van der Waals surface area contributed by atoms with Crippen LogP contribution < -0.4 is 0 Å². The molecular weight excluding hydrogens is 190 g/mol. The van der Waals surface area contributed by atoms with Crippen molar-refractivity contribution >= 4 is 5.97 Å². The van der Waals surface area contributed by atoms with Gasteiger partial charge in [-0.2, -0.15) is 0 Å². The monoisotopic (exact) mass is 211 g/mol. The largest absolute Gasteiger partial charge is 0.481 e. The van der Waals surface area contributed by atoms with E-state index in [9.17, 15) is 4.79 Å². The van der Waals surface area contributed by atoms with E-state index in [-0.39, 0.29) is 0 Å². The van der Waals surface area contributed by atoms with E-state index in [1.54, 1.807) is 0 Å². The van der Waals surface area contributed by atoms with E-state index >= 15 is 0 Å². The van der Waals surface area contributed by atoms with Crippen molar-refractivity contribution in [1.29, 1.82) is 0 Å². The third-order valence-electron chi connectivity index (χ3n) is 3.12. The van der Waals surface area contributed by atoms with Crippen LogP contribution in [0.1, 0.15) is 32.1 Å². The summed E-state index contributed by atoms with van der Waals surface area (Å²) in [5, 5.41) is 8.59. The van der Waals surface area contributed by atoms with Gasteiger partial charge < -0.3 is 10.0 Å². The molecule has 0 radical (unpaired) electrons. The maximum Gasteiger partial charge on any atom is 0.303 e. The van der Waals surface area contributed by atoms with Crippen LogP contribution in [0.2, 0.25) is 0 Å². The molecule has 1 rings (SSSR count). The summed E-state index contributed by atoms with van der Waals surface area (Å²) in [6.07, 6.45) is 6.51. The van der Waals surface area contributed by atoms with Crippen molar-refractivity contribution in [3.63, 3.8) is 0 Å². The summed E-state index contributed by atoms with van der Waals surface area (Å²) in [6.45, 7) is 7.07. The molecule has 0 bridgehead atoms. The minimum absolute atomic E-state index is 0.331. The second kappa shape index (κ2) is 6.62. The van der Waals surface area contributed by atoms with Crippen LogP contribution in [0.5, 0.6) is 0 Å². The molecule has 3 heteroatoms. The van der Waals surface area contributed by atoms with Gasteiger partial charge in [0.05, 0.1) is 0 Å². The zero-order valence-corrected chi connectivity index (χ0v) is 9.32. The van der Waals surface area contributed by atoms with Gasteiger partial charge in [0, 0.05) is 13.0 Å². The van der Waals surface area contributed by atoms with Crippen molar-refractivity contribution in [2.45, 2.75) is 32.1 Å². The standard InChI is InChI=1S/C12H21NO2/c1-2-3-8-13-9-6-11(7-10-13)4-5-12(14)15/h2,11H,1,3-10H2,(H,14,15). The fourth-order valence-corrected chi connectivity index (χ4v) is 2.10. The van der Waals surface area contributed by atoms with Crippen LogP contribution in [0.25, 0.3) is 0 Å². The maximum atomic E-state index is 10.4. The Balaban J connectivity index is 2.12. The number of carboxylic acids is 1. The molecule has 1 N–H and O–H groups in total. The molecular formula is C12H21NO2. The van der Waals surface area contributed by atoms with Gasteiger partial charge in [-0.05, 0) is 44.7 Å². The highest BCUT2D eigenvalue weighted by Crippen LogP contribution is 2.21. The molecule has 1 fully saturated rings. The number of carboxylic acid groups (broad SMARTS) is 1. The average Bonchev–Trinajstić information content (AvgIpc) is 2.25. The predicted molar refractivity (Wildman–Crippen MR) is 60.8 cm³/mol. The summed E-state index contributed by atoms with van der Waals surface area (Å²) in [7, 11) is 0. The minimum atomic E-state index is -0.663. The molecule has 1 saturated heterocycles. The number of rotatable bonds is 6. The average molecular weight is 211 g/mol. The molecule has 1 heterocycles. The molecule has 86 valence electrons. The topological polar surface area (TPSA) is 40.5 Å². The molecule has 0 aromatic rings. The first-order valence-electron chi connectivity index (χ1n) is 5.77. The fraction of sp³-hybridized carbons (Fsp3) is 0.750. The molecule has 0 aliphatic carbocycles. The number of hydrogen-bond acceptors (Lipinski definition) is 2. The van der Waals surface area contributed by atoms with E-state index in [0.717, 1.165) is 45.3 Å². The van der Waals surface area contributed by atoms with Gasteiger partial charge in [-0.15, -0.1) is 6.58 Å². The lowest BCUT2D eigenvalue weighted by molar-refractivity contribution is -0.137. The smallest absolute Gasteiger partial charge is 0.303 e. The maximum absolute atomic E-state index is 10.4. The highest BCUT2D eigenvalue weighted by molar-refractivity contribution is 5.66. The van der Waals surface area contributed by atoms with E-state index < -0.39 is 5.97 Å². The zero-order valence-electron chi connectivity index (χ0n) is 9.32. The first-order chi connectivity index (χ1) is 7.22. The Kier molecular flexibility index (Phi) is 5.40. The van der Waals surface area contributed by atoms with Crippen LogP contribution in [0.4, 0.5) is 0 Å². The second-order valence-corrected chi connectivity index (χ2v) is 4.29. The lowest BCUT2D eigenvalue weighted by Gasteiger charge is -2.31. The predicted octanol–water partition coefficient (Wildman–Crippen LogP) is 2.14. The van der Waals surface area contributed by atoms with Gasteiger partial charge in [0.1, 0.15) is 0 Å². The molecule has 1 aliphatic heterocycles. The normalized spacial score (nSPS) is 18.9. The molecule has 0 saturated carbocycles. The summed E-state index contributed by atoms with van der Waals surface area (Å²) in [4.78, 5) is 12.9. The van der Waals surface area contributed by atoms with Crippen molar-refractivity contribution in [3.05, 3.63) is 12.7 Å². The van der Waals surface area contributed by atoms with Gasteiger partial charge >= 0.3 is 5.97 Å². The van der Waals surface area contributed by atoms with Crippen LogP contribution in [-0.4, -0.2) is 35.6 Å². The van der Waals surface area contributed by atoms with Gasteiger partial charge in [-0.3, -0.25) is 4.79 Å². The Morgan fingerprint density at radius 3 is 2.67 bits per heavy atom. The van der Waals surface area contributed by atoms with Gasteiger partial charge in [-0.1, -0.05) is 6.08 Å². The molecule has 0 unspecified atom stereocenters. The summed E-state index contributed by atoms with van der Waals surface area (Å²) < 4.78 is 0. The van der Waals surface area contributed by atoms with Gasteiger partial charge in [-0.25, -0.2) is 0 Å². The van der Waals surface area contributed by atoms with Crippen LogP contribution in [-0.2, 0) is 4.79 Å². The van der Waals surface area contributed by atoms with Crippen molar-refractivity contribution in [3.8, 4) is 0 Å². The minimum Gasteiger partial charge on any atom is -0.481 e. The number of likely N-dealkylation sites (tertiary alicyclic amines) is 1. The third-order valence-corrected chi connectivity index (χ3v) is 3.12. The van der Waals surface area contributed by atoms with E-state index in [2.05, 4.69) is 11.5 Å². The third kappa shape index (κ3) is 4.98. The first-order valence-corrected chi connectivity index (χ1v) is 5.77. The first kappa shape index (κ1) is 12.2. The summed E-state index contributed by atoms with van der Waals surface area (Å²) in [5.74, 6) is -0.0369. The molecule has 0 atom stereocenters. The highest BCUT2D eigenvalue weighted by Gasteiger charge is 2.18. The van der Waals surface area contributed by atoms with Crippen molar-refractivity contribution in [2.24, 2.45) is 5.92 Å². The van der Waals surface area contributed by atoms with Crippen LogP contribution >= 0.6 is 0 Å². The van der Waals surface area contributed by atoms with Crippen molar-refractivity contribution in [2.75, 3.05) is 19.6 Å². The Morgan fingerprint density at radius 1 is 1.47 bits per heavy atom. The summed E-state index contributed by atoms with van der Waals surface area (Å²) >= 11 is 0. The Labute approximate surface area is 91.8 Å². The van der Waals surface area contributed by atoms with Crippen LogP contribution in [0.3, 0.4) is 0 Å². The quantitative estimate of drug-likeness (QED) is 0.684. The van der Waals surface area contributed by atoms with Crippen LogP contribution in [0, 0.1) is 5.92 Å². The van der Waals surface area contributed by atoms with Crippen molar-refractivity contribution in [1.82, 2.24) is 4.90 Å². The number of aliphatic carboxylic acids is 1. The molecule has 0 aromatic carbocycles.